The van der Waals surface area contributed by atoms with Gasteiger partial charge in [0.2, 0.25) is 5.88 Å². The van der Waals surface area contributed by atoms with Gasteiger partial charge in [0.25, 0.3) is 0 Å². The van der Waals surface area contributed by atoms with E-state index >= 15 is 0 Å². The maximum Gasteiger partial charge on any atom is 0.224 e. The number of benzene rings is 1. The summed E-state index contributed by atoms with van der Waals surface area (Å²) in [6.07, 6.45) is 0. The number of hydrogen-bond acceptors (Lipinski definition) is 4. The SMILES string of the molecule is COCc1nc(Cl)cc(Oc2c(C)ccc(C)c2C)n1. The highest BCUT2D eigenvalue weighted by atomic mass is 35.5. The Hall–Kier alpha value is -1.65. The second-order valence-corrected chi connectivity index (χ2v) is 5.02. The predicted molar refractivity (Wildman–Crippen MR) is 78.5 cm³/mol. The molecule has 0 amide bonds. The van der Waals surface area contributed by atoms with Crippen molar-refractivity contribution in [3.63, 3.8) is 0 Å². The molecule has 106 valence electrons. The Morgan fingerprint density at radius 2 is 1.80 bits per heavy atom. The quantitative estimate of drug-likeness (QED) is 0.799. The molecule has 2 aromatic rings. The van der Waals surface area contributed by atoms with Crippen LogP contribution in [-0.4, -0.2) is 17.1 Å². The lowest BCUT2D eigenvalue weighted by Gasteiger charge is -2.13. The van der Waals surface area contributed by atoms with E-state index in [9.17, 15) is 0 Å². The van der Waals surface area contributed by atoms with Gasteiger partial charge in [-0.2, -0.15) is 4.98 Å². The lowest BCUT2D eigenvalue weighted by atomic mass is 10.1. The zero-order chi connectivity index (χ0) is 14.7. The monoisotopic (exact) mass is 292 g/mol. The molecular formula is C15H17ClN2O2. The van der Waals surface area contributed by atoms with Crippen LogP contribution in [0.2, 0.25) is 5.15 Å². The summed E-state index contributed by atoms with van der Waals surface area (Å²) < 4.78 is 10.9. The number of nitrogens with zero attached hydrogens (tertiary/aromatic N) is 2. The fourth-order valence-corrected chi connectivity index (χ4v) is 2.07. The van der Waals surface area contributed by atoms with Crippen molar-refractivity contribution < 1.29 is 9.47 Å². The smallest absolute Gasteiger partial charge is 0.224 e. The fraction of sp³-hybridized carbons (Fsp3) is 0.333. The summed E-state index contributed by atoms with van der Waals surface area (Å²) in [4.78, 5) is 8.36. The molecule has 5 heteroatoms. The van der Waals surface area contributed by atoms with Gasteiger partial charge in [0.05, 0.1) is 0 Å². The van der Waals surface area contributed by atoms with Crippen molar-refractivity contribution in [2.45, 2.75) is 27.4 Å². The average molecular weight is 293 g/mol. The molecule has 2 rings (SSSR count). The highest BCUT2D eigenvalue weighted by Gasteiger charge is 2.10. The van der Waals surface area contributed by atoms with E-state index in [1.54, 1.807) is 13.2 Å². The second kappa shape index (κ2) is 6.20. The molecule has 0 aliphatic heterocycles. The van der Waals surface area contributed by atoms with Crippen LogP contribution in [0.3, 0.4) is 0 Å². The third-order valence-electron chi connectivity index (χ3n) is 3.07. The summed E-state index contributed by atoms with van der Waals surface area (Å²) in [5.74, 6) is 1.73. The van der Waals surface area contributed by atoms with E-state index in [1.165, 1.54) is 5.56 Å². The van der Waals surface area contributed by atoms with Crippen LogP contribution in [0.25, 0.3) is 0 Å². The molecule has 4 nitrogen and oxygen atoms in total. The first-order valence-corrected chi connectivity index (χ1v) is 6.66. The van der Waals surface area contributed by atoms with E-state index in [-0.39, 0.29) is 0 Å². The van der Waals surface area contributed by atoms with Gasteiger partial charge in [-0.25, -0.2) is 4.98 Å². The van der Waals surface area contributed by atoms with Crippen molar-refractivity contribution in [1.82, 2.24) is 9.97 Å². The molecule has 1 aromatic heterocycles. The van der Waals surface area contributed by atoms with Gasteiger partial charge >= 0.3 is 0 Å². The third kappa shape index (κ3) is 3.26. The Morgan fingerprint density at radius 3 is 2.50 bits per heavy atom. The van der Waals surface area contributed by atoms with Crippen LogP contribution in [0, 0.1) is 20.8 Å². The lowest BCUT2D eigenvalue weighted by Crippen LogP contribution is -2.01. The zero-order valence-corrected chi connectivity index (χ0v) is 12.8. The predicted octanol–water partition coefficient (Wildman–Crippen LogP) is 3.99. The first-order valence-electron chi connectivity index (χ1n) is 6.28. The second-order valence-electron chi connectivity index (χ2n) is 4.63. The van der Waals surface area contributed by atoms with Crippen molar-refractivity contribution in [3.05, 3.63) is 45.9 Å². The number of ether oxygens (including phenoxy) is 2. The summed E-state index contributed by atoms with van der Waals surface area (Å²) in [7, 11) is 1.58. The molecule has 1 aromatic carbocycles. The maximum atomic E-state index is 5.98. The Balaban J connectivity index is 2.37. The topological polar surface area (TPSA) is 44.2 Å². The van der Waals surface area contributed by atoms with Crippen molar-refractivity contribution >= 4 is 11.6 Å². The van der Waals surface area contributed by atoms with E-state index in [0.29, 0.717) is 23.5 Å². The first-order chi connectivity index (χ1) is 9.51. The minimum atomic E-state index is 0.294. The molecule has 0 unspecified atom stereocenters. The van der Waals surface area contributed by atoms with Gasteiger partial charge in [-0.15, -0.1) is 0 Å². The Labute approximate surface area is 123 Å². The van der Waals surface area contributed by atoms with Gasteiger partial charge in [0.1, 0.15) is 17.5 Å². The molecule has 0 aliphatic rings. The van der Waals surface area contributed by atoms with Gasteiger partial charge < -0.3 is 9.47 Å². The van der Waals surface area contributed by atoms with Gasteiger partial charge in [0.15, 0.2) is 5.82 Å². The van der Waals surface area contributed by atoms with Crippen LogP contribution in [-0.2, 0) is 11.3 Å². The molecule has 0 saturated carbocycles. The van der Waals surface area contributed by atoms with Crippen LogP contribution >= 0.6 is 11.6 Å². The van der Waals surface area contributed by atoms with Gasteiger partial charge in [-0.05, 0) is 37.5 Å². The number of aryl methyl sites for hydroxylation is 2. The molecule has 0 bridgehead atoms. The molecule has 1 heterocycles. The fourth-order valence-electron chi connectivity index (χ4n) is 1.87. The molecule has 20 heavy (non-hydrogen) atoms. The van der Waals surface area contributed by atoms with Gasteiger partial charge in [-0.1, -0.05) is 23.7 Å². The van der Waals surface area contributed by atoms with Crippen LogP contribution in [0.1, 0.15) is 22.5 Å². The number of halogens is 1. The van der Waals surface area contributed by atoms with Crippen LogP contribution in [0.4, 0.5) is 0 Å². The third-order valence-corrected chi connectivity index (χ3v) is 3.26. The minimum absolute atomic E-state index is 0.294. The number of aromatic nitrogens is 2. The van der Waals surface area contributed by atoms with Crippen molar-refractivity contribution in [2.24, 2.45) is 0 Å². The van der Waals surface area contributed by atoms with Crippen molar-refractivity contribution in [3.8, 4) is 11.6 Å². The number of hydrogen-bond donors (Lipinski definition) is 0. The highest BCUT2D eigenvalue weighted by molar-refractivity contribution is 6.29. The zero-order valence-electron chi connectivity index (χ0n) is 12.0. The molecule has 0 saturated heterocycles. The van der Waals surface area contributed by atoms with Gasteiger partial charge in [0, 0.05) is 13.2 Å². The minimum Gasteiger partial charge on any atom is -0.438 e. The average Bonchev–Trinajstić information content (AvgIpc) is 2.39. The molecule has 0 N–H and O–H groups in total. The summed E-state index contributed by atoms with van der Waals surface area (Å²) in [5.41, 5.74) is 3.31. The lowest BCUT2D eigenvalue weighted by molar-refractivity contribution is 0.177. The maximum absolute atomic E-state index is 5.98. The van der Waals surface area contributed by atoms with Crippen LogP contribution < -0.4 is 4.74 Å². The van der Waals surface area contributed by atoms with E-state index in [0.717, 1.165) is 16.9 Å². The standard InChI is InChI=1S/C15H17ClN2O2/c1-9-5-6-10(2)15(11(9)3)20-14-7-12(16)17-13(18-14)8-19-4/h5-7H,8H2,1-4H3. The van der Waals surface area contributed by atoms with E-state index in [2.05, 4.69) is 16.0 Å². The molecule has 0 atom stereocenters. The van der Waals surface area contributed by atoms with Crippen LogP contribution in [0.15, 0.2) is 18.2 Å². The molecule has 0 spiro atoms. The highest BCUT2D eigenvalue weighted by Crippen LogP contribution is 2.30. The Morgan fingerprint density at radius 1 is 1.10 bits per heavy atom. The molecule has 0 radical (unpaired) electrons. The number of rotatable bonds is 4. The normalized spacial score (nSPS) is 10.7. The van der Waals surface area contributed by atoms with Crippen molar-refractivity contribution in [1.29, 1.82) is 0 Å². The first kappa shape index (κ1) is 14.8. The van der Waals surface area contributed by atoms with Crippen LogP contribution in [0.5, 0.6) is 11.6 Å². The molecular weight excluding hydrogens is 276 g/mol. The number of methoxy groups -OCH3 is 1. The van der Waals surface area contributed by atoms with Crippen molar-refractivity contribution in [2.75, 3.05) is 7.11 Å². The largest absolute Gasteiger partial charge is 0.438 e. The summed E-state index contributed by atoms with van der Waals surface area (Å²) in [6, 6.07) is 5.69. The van der Waals surface area contributed by atoms with E-state index in [4.69, 9.17) is 21.1 Å². The summed E-state index contributed by atoms with van der Waals surface area (Å²) in [6.45, 7) is 6.37. The van der Waals surface area contributed by atoms with E-state index in [1.807, 2.05) is 26.8 Å². The summed E-state index contributed by atoms with van der Waals surface area (Å²) >= 11 is 5.98. The molecule has 0 fully saturated rings. The van der Waals surface area contributed by atoms with E-state index < -0.39 is 0 Å². The Bertz CT molecular complexity index is 630. The summed E-state index contributed by atoms with van der Waals surface area (Å²) in [5, 5.41) is 0.338. The molecule has 0 aliphatic carbocycles. The Kier molecular flexibility index (Phi) is 4.57. The van der Waals surface area contributed by atoms with Gasteiger partial charge in [-0.3, -0.25) is 0 Å².